The summed E-state index contributed by atoms with van der Waals surface area (Å²) in [6.07, 6.45) is 3.92. The highest BCUT2D eigenvalue weighted by molar-refractivity contribution is 6.30. The molecule has 1 aromatic heterocycles. The lowest BCUT2D eigenvalue weighted by Gasteiger charge is -2.42. The van der Waals surface area contributed by atoms with Crippen molar-refractivity contribution >= 4 is 17.4 Å². The molecule has 0 amide bonds. The Morgan fingerprint density at radius 1 is 1.23 bits per heavy atom. The van der Waals surface area contributed by atoms with Crippen LogP contribution in [0, 0.1) is 0 Å². The van der Waals surface area contributed by atoms with Gasteiger partial charge in [0, 0.05) is 31.4 Å². The van der Waals surface area contributed by atoms with Crippen molar-refractivity contribution in [3.8, 4) is 0 Å². The van der Waals surface area contributed by atoms with Gasteiger partial charge in [-0.3, -0.25) is 0 Å². The number of hydrogen-bond acceptors (Lipinski definition) is 3. The number of aryl methyl sites for hydroxylation is 1. The molecular formula is C18H22ClN3. The molecule has 1 aliphatic heterocycles. The maximum Gasteiger partial charge on any atom is 0.128 e. The van der Waals surface area contributed by atoms with E-state index in [4.69, 9.17) is 11.6 Å². The number of hydrogen-bond donors (Lipinski definition) is 1. The van der Waals surface area contributed by atoms with Gasteiger partial charge in [0.25, 0.3) is 0 Å². The summed E-state index contributed by atoms with van der Waals surface area (Å²) in [5.74, 6) is 1.01. The lowest BCUT2D eigenvalue weighted by molar-refractivity contribution is 0.303. The lowest BCUT2D eigenvalue weighted by atomic mass is 9.91. The molecule has 1 N–H and O–H groups in total. The van der Waals surface area contributed by atoms with Crippen LogP contribution in [0.15, 0.2) is 48.7 Å². The van der Waals surface area contributed by atoms with Gasteiger partial charge in [0.1, 0.15) is 5.82 Å². The van der Waals surface area contributed by atoms with E-state index in [1.54, 1.807) is 6.20 Å². The quantitative estimate of drug-likeness (QED) is 0.935. The minimum atomic E-state index is 0.107. The molecule has 2 heterocycles. The van der Waals surface area contributed by atoms with Gasteiger partial charge < -0.3 is 10.2 Å². The Bertz CT molecular complexity index is 599. The molecule has 116 valence electrons. The van der Waals surface area contributed by atoms with Crippen molar-refractivity contribution in [1.29, 1.82) is 0 Å². The van der Waals surface area contributed by atoms with E-state index in [1.807, 2.05) is 12.1 Å². The third-order valence-electron chi connectivity index (χ3n) is 4.32. The maximum atomic E-state index is 5.93. The van der Waals surface area contributed by atoms with Gasteiger partial charge >= 0.3 is 0 Å². The number of pyridine rings is 1. The van der Waals surface area contributed by atoms with Crippen LogP contribution in [0.4, 0.5) is 5.82 Å². The van der Waals surface area contributed by atoms with Crippen LogP contribution in [0.5, 0.6) is 0 Å². The normalized spacial score (nSPS) is 21.8. The van der Waals surface area contributed by atoms with Crippen molar-refractivity contribution < 1.29 is 0 Å². The number of nitrogens with one attached hydrogen (secondary N) is 1. The summed E-state index contributed by atoms with van der Waals surface area (Å²) in [5.41, 5.74) is 1.50. The molecule has 1 atom stereocenters. The topological polar surface area (TPSA) is 28.2 Å². The van der Waals surface area contributed by atoms with E-state index in [0.29, 0.717) is 5.02 Å². The lowest BCUT2D eigenvalue weighted by Crippen LogP contribution is -2.59. The molecule has 4 heteroatoms. The molecule has 3 nitrogen and oxygen atoms in total. The summed E-state index contributed by atoms with van der Waals surface area (Å²) in [6, 6.07) is 14.6. The highest BCUT2D eigenvalue weighted by Crippen LogP contribution is 2.23. The van der Waals surface area contributed by atoms with Gasteiger partial charge in [-0.15, -0.1) is 0 Å². The van der Waals surface area contributed by atoms with Gasteiger partial charge in [-0.05, 0) is 37.5 Å². The molecule has 22 heavy (non-hydrogen) atoms. The Hall–Kier alpha value is -1.58. The fourth-order valence-corrected chi connectivity index (χ4v) is 3.14. The van der Waals surface area contributed by atoms with Gasteiger partial charge in [0.2, 0.25) is 0 Å². The fraction of sp³-hybridized carbons (Fsp3) is 0.389. The van der Waals surface area contributed by atoms with Crippen LogP contribution in [0.3, 0.4) is 0 Å². The zero-order chi connectivity index (χ0) is 15.4. The molecule has 1 aromatic carbocycles. The van der Waals surface area contributed by atoms with E-state index in [9.17, 15) is 0 Å². The first-order valence-corrected chi connectivity index (χ1v) is 8.18. The Balaban J connectivity index is 1.65. The average Bonchev–Trinajstić information content (AvgIpc) is 2.55. The van der Waals surface area contributed by atoms with Crippen LogP contribution in [-0.4, -0.2) is 30.2 Å². The maximum absolute atomic E-state index is 5.93. The molecule has 0 spiro atoms. The third-order valence-corrected chi connectivity index (χ3v) is 4.54. The second kappa shape index (κ2) is 6.67. The summed E-state index contributed by atoms with van der Waals surface area (Å²) in [5, 5.41) is 4.37. The molecule has 1 saturated heterocycles. The SMILES string of the molecule is CC1(CCc2ccccc2)CN(c2ccc(Cl)cn2)CCN1. The molecule has 1 fully saturated rings. The molecule has 2 aromatic rings. The second-order valence-corrected chi connectivity index (χ2v) is 6.67. The smallest absolute Gasteiger partial charge is 0.128 e. The largest absolute Gasteiger partial charge is 0.354 e. The summed E-state index contributed by atoms with van der Waals surface area (Å²) in [6.45, 7) is 5.23. The number of benzene rings is 1. The highest BCUT2D eigenvalue weighted by atomic mass is 35.5. The predicted molar refractivity (Wildman–Crippen MR) is 92.6 cm³/mol. The Morgan fingerprint density at radius 2 is 2.05 bits per heavy atom. The van der Waals surface area contributed by atoms with Crippen molar-refractivity contribution in [2.45, 2.75) is 25.3 Å². The van der Waals surface area contributed by atoms with E-state index in [2.05, 4.69) is 52.5 Å². The molecule has 0 bridgehead atoms. The zero-order valence-corrected chi connectivity index (χ0v) is 13.7. The van der Waals surface area contributed by atoms with Crippen molar-refractivity contribution in [2.24, 2.45) is 0 Å². The Labute approximate surface area is 137 Å². The summed E-state index contributed by atoms with van der Waals surface area (Å²) in [4.78, 5) is 6.80. The first-order valence-electron chi connectivity index (χ1n) is 7.80. The van der Waals surface area contributed by atoms with Crippen molar-refractivity contribution in [2.75, 3.05) is 24.5 Å². The van der Waals surface area contributed by atoms with Gasteiger partial charge in [-0.2, -0.15) is 0 Å². The molecule has 1 unspecified atom stereocenters. The van der Waals surface area contributed by atoms with Gasteiger partial charge in [0.05, 0.1) is 5.02 Å². The summed E-state index contributed by atoms with van der Waals surface area (Å²) < 4.78 is 0. The Morgan fingerprint density at radius 3 is 2.77 bits per heavy atom. The van der Waals surface area contributed by atoms with Crippen molar-refractivity contribution in [3.63, 3.8) is 0 Å². The molecule has 0 aliphatic carbocycles. The Kier molecular flexibility index (Phi) is 4.65. The van der Waals surface area contributed by atoms with Crippen LogP contribution >= 0.6 is 11.6 Å². The van der Waals surface area contributed by atoms with Gasteiger partial charge in [-0.25, -0.2) is 4.98 Å². The zero-order valence-electron chi connectivity index (χ0n) is 12.9. The second-order valence-electron chi connectivity index (χ2n) is 6.23. The molecule has 3 rings (SSSR count). The minimum absolute atomic E-state index is 0.107. The molecule has 0 radical (unpaired) electrons. The van der Waals surface area contributed by atoms with Crippen molar-refractivity contribution in [1.82, 2.24) is 10.3 Å². The highest BCUT2D eigenvalue weighted by Gasteiger charge is 2.30. The van der Waals surface area contributed by atoms with E-state index < -0.39 is 0 Å². The first-order chi connectivity index (χ1) is 10.6. The average molecular weight is 316 g/mol. The monoisotopic (exact) mass is 315 g/mol. The van der Waals surface area contributed by atoms with Crippen LogP contribution in [-0.2, 0) is 6.42 Å². The van der Waals surface area contributed by atoms with E-state index in [0.717, 1.165) is 38.3 Å². The summed E-state index contributed by atoms with van der Waals surface area (Å²) in [7, 11) is 0. The number of halogens is 1. The minimum Gasteiger partial charge on any atom is -0.354 e. The summed E-state index contributed by atoms with van der Waals surface area (Å²) >= 11 is 5.93. The standard InChI is InChI=1S/C18H22ClN3/c1-18(10-9-15-5-3-2-4-6-15)14-22(12-11-21-18)17-8-7-16(19)13-20-17/h2-8,13,21H,9-12,14H2,1H3. The van der Waals surface area contributed by atoms with Crippen LogP contribution < -0.4 is 10.2 Å². The van der Waals surface area contributed by atoms with Crippen LogP contribution in [0.1, 0.15) is 18.9 Å². The van der Waals surface area contributed by atoms with Gasteiger partial charge in [-0.1, -0.05) is 41.9 Å². The van der Waals surface area contributed by atoms with Crippen LogP contribution in [0.25, 0.3) is 0 Å². The first kappa shape index (κ1) is 15.3. The van der Waals surface area contributed by atoms with E-state index >= 15 is 0 Å². The number of piperazine rings is 1. The molecular weight excluding hydrogens is 294 g/mol. The number of rotatable bonds is 4. The van der Waals surface area contributed by atoms with Crippen molar-refractivity contribution in [3.05, 3.63) is 59.2 Å². The number of aromatic nitrogens is 1. The fourth-order valence-electron chi connectivity index (χ4n) is 3.03. The van der Waals surface area contributed by atoms with E-state index in [1.165, 1.54) is 5.56 Å². The predicted octanol–water partition coefficient (Wildman–Crippen LogP) is 3.54. The number of nitrogens with zero attached hydrogens (tertiary/aromatic N) is 2. The molecule has 1 aliphatic rings. The van der Waals surface area contributed by atoms with Crippen LogP contribution in [0.2, 0.25) is 5.02 Å². The number of anilines is 1. The van der Waals surface area contributed by atoms with Gasteiger partial charge in [0.15, 0.2) is 0 Å². The molecule has 0 saturated carbocycles. The van der Waals surface area contributed by atoms with E-state index in [-0.39, 0.29) is 5.54 Å². The third kappa shape index (κ3) is 3.79.